The number of hydrogen-bond acceptors (Lipinski definition) is 7. The maximum absolute atomic E-state index is 5.41. The maximum atomic E-state index is 5.41. The first-order valence-corrected chi connectivity index (χ1v) is 9.42. The molecule has 0 unspecified atom stereocenters. The van der Waals surface area contributed by atoms with Gasteiger partial charge in [-0.1, -0.05) is 24.3 Å². The molecule has 0 spiro atoms. The number of pyridine rings is 1. The monoisotopic (exact) mass is 376 g/mol. The predicted molar refractivity (Wildman–Crippen MR) is 111 cm³/mol. The van der Waals surface area contributed by atoms with Gasteiger partial charge in [0.1, 0.15) is 29.5 Å². The van der Waals surface area contributed by atoms with E-state index < -0.39 is 0 Å². The molecule has 1 aromatic carbocycles. The third-order valence-corrected chi connectivity index (χ3v) is 4.88. The van der Waals surface area contributed by atoms with Gasteiger partial charge in [-0.05, 0) is 18.2 Å². The predicted octanol–water partition coefficient (Wildman–Crippen LogP) is 2.82. The van der Waals surface area contributed by atoms with Gasteiger partial charge in [-0.25, -0.2) is 15.0 Å². The van der Waals surface area contributed by atoms with E-state index >= 15 is 0 Å². The van der Waals surface area contributed by atoms with Gasteiger partial charge in [0.2, 0.25) is 0 Å². The molecule has 7 heteroatoms. The van der Waals surface area contributed by atoms with E-state index in [-0.39, 0.29) is 0 Å². The average Bonchev–Trinajstić information content (AvgIpc) is 2.79. The van der Waals surface area contributed by atoms with Gasteiger partial charge in [0, 0.05) is 50.6 Å². The first-order chi connectivity index (χ1) is 13.8. The van der Waals surface area contributed by atoms with E-state index in [9.17, 15) is 0 Å². The van der Waals surface area contributed by atoms with Gasteiger partial charge in [-0.2, -0.15) is 0 Å². The number of aromatic nitrogens is 3. The second-order valence-electron chi connectivity index (χ2n) is 6.59. The Kier molecular flexibility index (Phi) is 5.51. The Morgan fingerprint density at radius 1 is 0.893 bits per heavy atom. The molecule has 1 saturated heterocycles. The molecule has 4 rings (SSSR count). The zero-order valence-corrected chi connectivity index (χ0v) is 16.0. The van der Waals surface area contributed by atoms with Gasteiger partial charge in [0.05, 0.1) is 7.11 Å². The number of rotatable bonds is 6. The molecule has 1 aliphatic rings. The largest absolute Gasteiger partial charge is 0.496 e. The highest BCUT2D eigenvalue weighted by molar-refractivity contribution is 5.51. The topological polar surface area (TPSA) is 66.4 Å². The second kappa shape index (κ2) is 8.56. The van der Waals surface area contributed by atoms with Gasteiger partial charge in [-0.3, -0.25) is 0 Å². The number of ether oxygens (including phenoxy) is 1. The lowest BCUT2D eigenvalue weighted by Crippen LogP contribution is -2.47. The fraction of sp³-hybridized carbons (Fsp3) is 0.286. The van der Waals surface area contributed by atoms with E-state index in [2.05, 4.69) is 36.1 Å². The van der Waals surface area contributed by atoms with Crippen LogP contribution in [0.4, 0.5) is 17.5 Å². The fourth-order valence-electron chi connectivity index (χ4n) is 3.36. The summed E-state index contributed by atoms with van der Waals surface area (Å²) in [5.41, 5.74) is 1.09. The molecular weight excluding hydrogens is 352 g/mol. The highest BCUT2D eigenvalue weighted by Gasteiger charge is 2.19. The molecule has 1 N–H and O–H groups in total. The van der Waals surface area contributed by atoms with Crippen molar-refractivity contribution < 1.29 is 4.74 Å². The molecule has 2 aromatic heterocycles. The number of anilines is 3. The summed E-state index contributed by atoms with van der Waals surface area (Å²) in [5.74, 6) is 3.65. The Labute approximate surface area is 165 Å². The molecule has 0 atom stereocenters. The highest BCUT2D eigenvalue weighted by Crippen LogP contribution is 2.21. The zero-order chi connectivity index (χ0) is 19.2. The van der Waals surface area contributed by atoms with Crippen LogP contribution >= 0.6 is 0 Å². The molecule has 7 nitrogen and oxygen atoms in total. The Hall–Kier alpha value is -3.35. The maximum Gasteiger partial charge on any atom is 0.134 e. The summed E-state index contributed by atoms with van der Waals surface area (Å²) in [5, 5.41) is 3.37. The normalized spacial score (nSPS) is 14.0. The van der Waals surface area contributed by atoms with Crippen LogP contribution in [0.1, 0.15) is 5.56 Å². The average molecular weight is 376 g/mol. The third-order valence-electron chi connectivity index (χ3n) is 4.88. The number of nitrogens with one attached hydrogen (secondary N) is 1. The zero-order valence-electron chi connectivity index (χ0n) is 16.0. The van der Waals surface area contributed by atoms with Crippen LogP contribution in [-0.2, 0) is 6.54 Å². The van der Waals surface area contributed by atoms with Crippen LogP contribution in [0.15, 0.2) is 61.1 Å². The quantitative estimate of drug-likeness (QED) is 0.709. The summed E-state index contributed by atoms with van der Waals surface area (Å²) in [6.07, 6.45) is 3.46. The first-order valence-electron chi connectivity index (χ1n) is 9.42. The molecule has 0 aliphatic carbocycles. The van der Waals surface area contributed by atoms with Crippen LogP contribution in [0.3, 0.4) is 0 Å². The van der Waals surface area contributed by atoms with E-state index in [1.54, 1.807) is 13.4 Å². The van der Waals surface area contributed by atoms with Gasteiger partial charge >= 0.3 is 0 Å². The van der Waals surface area contributed by atoms with Gasteiger partial charge < -0.3 is 19.9 Å². The molecule has 0 bridgehead atoms. The van der Waals surface area contributed by atoms with Crippen LogP contribution < -0.4 is 19.9 Å². The van der Waals surface area contributed by atoms with E-state index in [1.807, 2.05) is 48.7 Å². The van der Waals surface area contributed by atoms with Crippen molar-refractivity contribution in [1.82, 2.24) is 15.0 Å². The van der Waals surface area contributed by atoms with E-state index in [0.717, 1.165) is 54.9 Å². The van der Waals surface area contributed by atoms with Gasteiger partial charge in [-0.15, -0.1) is 0 Å². The number of hydrogen-bond donors (Lipinski definition) is 1. The standard InChI is InChI=1S/C21H24N6O/c1-28-18-7-3-2-6-17(18)15-23-19-14-21(25-16-24-19)27-12-10-26(11-13-27)20-8-4-5-9-22-20/h2-9,14,16H,10-13,15H2,1H3,(H,23,24,25). The summed E-state index contributed by atoms with van der Waals surface area (Å²) in [4.78, 5) is 17.9. The van der Waals surface area contributed by atoms with E-state index in [4.69, 9.17) is 4.74 Å². The lowest BCUT2D eigenvalue weighted by Gasteiger charge is -2.36. The van der Waals surface area contributed by atoms with Crippen molar-refractivity contribution in [1.29, 1.82) is 0 Å². The molecule has 0 saturated carbocycles. The van der Waals surface area contributed by atoms with Crippen LogP contribution in [0.25, 0.3) is 0 Å². The molecule has 1 aliphatic heterocycles. The van der Waals surface area contributed by atoms with Crippen molar-refractivity contribution in [2.45, 2.75) is 6.54 Å². The second-order valence-corrected chi connectivity index (χ2v) is 6.59. The van der Waals surface area contributed by atoms with Crippen molar-refractivity contribution >= 4 is 17.5 Å². The summed E-state index contributed by atoms with van der Waals surface area (Å²) in [6, 6.07) is 16.0. The SMILES string of the molecule is COc1ccccc1CNc1cc(N2CCN(c3ccccn3)CC2)ncn1. The first kappa shape index (κ1) is 18.0. The number of nitrogens with zero attached hydrogens (tertiary/aromatic N) is 5. The van der Waals surface area contributed by atoms with Crippen molar-refractivity contribution in [2.75, 3.05) is 48.4 Å². The summed E-state index contributed by atoms with van der Waals surface area (Å²) in [6.45, 7) is 4.29. The van der Waals surface area contributed by atoms with Crippen LogP contribution in [0.2, 0.25) is 0 Å². The van der Waals surface area contributed by atoms with E-state index in [1.165, 1.54) is 0 Å². The van der Waals surface area contributed by atoms with E-state index in [0.29, 0.717) is 6.54 Å². The summed E-state index contributed by atoms with van der Waals surface area (Å²) in [7, 11) is 1.69. The van der Waals surface area contributed by atoms with Crippen molar-refractivity contribution in [3.05, 3.63) is 66.6 Å². The summed E-state index contributed by atoms with van der Waals surface area (Å²) >= 11 is 0. The lowest BCUT2D eigenvalue weighted by atomic mass is 10.2. The third kappa shape index (κ3) is 4.14. The minimum absolute atomic E-state index is 0.647. The Balaban J connectivity index is 1.38. The fourth-order valence-corrected chi connectivity index (χ4v) is 3.36. The minimum atomic E-state index is 0.647. The van der Waals surface area contributed by atoms with Crippen LogP contribution in [-0.4, -0.2) is 48.2 Å². The molecule has 144 valence electrons. The van der Waals surface area contributed by atoms with Crippen molar-refractivity contribution in [2.24, 2.45) is 0 Å². The van der Waals surface area contributed by atoms with Crippen LogP contribution in [0, 0.1) is 0 Å². The van der Waals surface area contributed by atoms with Gasteiger partial charge in [0.15, 0.2) is 0 Å². The molecule has 3 aromatic rings. The molecule has 0 amide bonds. The van der Waals surface area contributed by atoms with Crippen molar-refractivity contribution in [3.8, 4) is 5.75 Å². The van der Waals surface area contributed by atoms with Gasteiger partial charge in [0.25, 0.3) is 0 Å². The summed E-state index contributed by atoms with van der Waals surface area (Å²) < 4.78 is 5.41. The number of benzene rings is 1. The highest BCUT2D eigenvalue weighted by atomic mass is 16.5. The molecule has 0 radical (unpaired) electrons. The Bertz CT molecular complexity index is 896. The smallest absolute Gasteiger partial charge is 0.134 e. The minimum Gasteiger partial charge on any atom is -0.496 e. The Morgan fingerprint density at radius 3 is 2.39 bits per heavy atom. The Morgan fingerprint density at radius 2 is 1.64 bits per heavy atom. The number of para-hydroxylation sites is 1. The molecular formula is C21H24N6O. The molecule has 1 fully saturated rings. The number of methoxy groups -OCH3 is 1. The lowest BCUT2D eigenvalue weighted by molar-refractivity contribution is 0.410. The van der Waals surface area contributed by atoms with Crippen LogP contribution in [0.5, 0.6) is 5.75 Å². The molecule has 28 heavy (non-hydrogen) atoms. The van der Waals surface area contributed by atoms with Crippen molar-refractivity contribution in [3.63, 3.8) is 0 Å². The number of piperazine rings is 1. The molecule has 3 heterocycles.